The van der Waals surface area contributed by atoms with E-state index in [2.05, 4.69) is 4.72 Å². The highest BCUT2D eigenvalue weighted by atomic mass is 32.2. The molecule has 0 fully saturated rings. The molecule has 1 aromatic rings. The Morgan fingerprint density at radius 1 is 1.35 bits per heavy atom. The Balaban J connectivity index is 2.95. The lowest BCUT2D eigenvalue weighted by molar-refractivity contribution is 0.0693. The predicted octanol–water partition coefficient (Wildman–Crippen LogP) is 1.86. The highest BCUT2D eigenvalue weighted by Gasteiger charge is 2.18. The monoisotopic (exact) mass is 301 g/mol. The van der Waals surface area contributed by atoms with Crippen molar-refractivity contribution in [3.8, 4) is 5.75 Å². The van der Waals surface area contributed by atoms with Crippen molar-refractivity contribution in [3.63, 3.8) is 0 Å². The van der Waals surface area contributed by atoms with E-state index in [0.29, 0.717) is 6.54 Å². The molecular formula is C13H19NO5S. The van der Waals surface area contributed by atoms with Crippen LogP contribution in [0.4, 0.5) is 0 Å². The van der Waals surface area contributed by atoms with E-state index in [4.69, 9.17) is 9.84 Å². The van der Waals surface area contributed by atoms with E-state index < -0.39 is 16.0 Å². The van der Waals surface area contributed by atoms with Crippen LogP contribution in [0.15, 0.2) is 23.1 Å². The SMILES string of the molecule is CCCCCNS(=O)(=O)c1ccc(OC)c(C(=O)O)c1. The van der Waals surface area contributed by atoms with Crippen LogP contribution in [0.25, 0.3) is 0 Å². The molecule has 20 heavy (non-hydrogen) atoms. The van der Waals surface area contributed by atoms with Gasteiger partial charge in [-0.25, -0.2) is 17.9 Å². The molecule has 0 aliphatic heterocycles. The largest absolute Gasteiger partial charge is 0.496 e. The average molecular weight is 301 g/mol. The Hall–Kier alpha value is -1.60. The summed E-state index contributed by atoms with van der Waals surface area (Å²) in [4.78, 5) is 11.0. The van der Waals surface area contributed by atoms with Crippen molar-refractivity contribution >= 4 is 16.0 Å². The van der Waals surface area contributed by atoms with Crippen LogP contribution in [0.2, 0.25) is 0 Å². The smallest absolute Gasteiger partial charge is 0.339 e. The van der Waals surface area contributed by atoms with Crippen LogP contribution in [0.3, 0.4) is 0 Å². The summed E-state index contributed by atoms with van der Waals surface area (Å²) in [6.45, 7) is 2.36. The predicted molar refractivity (Wildman–Crippen MR) is 74.7 cm³/mol. The van der Waals surface area contributed by atoms with Crippen molar-refractivity contribution in [3.05, 3.63) is 23.8 Å². The zero-order chi connectivity index (χ0) is 15.2. The van der Waals surface area contributed by atoms with Gasteiger partial charge in [0.05, 0.1) is 12.0 Å². The Morgan fingerprint density at radius 3 is 2.60 bits per heavy atom. The number of nitrogens with one attached hydrogen (secondary N) is 1. The molecule has 1 aromatic carbocycles. The van der Waals surface area contributed by atoms with Crippen LogP contribution in [0, 0.1) is 0 Å². The molecule has 0 heterocycles. The van der Waals surface area contributed by atoms with Gasteiger partial charge in [-0.05, 0) is 24.6 Å². The minimum atomic E-state index is -3.69. The first-order chi connectivity index (χ1) is 9.42. The van der Waals surface area contributed by atoms with Crippen molar-refractivity contribution < 1.29 is 23.1 Å². The summed E-state index contributed by atoms with van der Waals surface area (Å²) in [5, 5.41) is 9.04. The lowest BCUT2D eigenvalue weighted by Crippen LogP contribution is -2.25. The zero-order valence-corrected chi connectivity index (χ0v) is 12.4. The molecule has 0 aliphatic carbocycles. The summed E-state index contributed by atoms with van der Waals surface area (Å²) in [5.74, 6) is -1.10. The van der Waals surface area contributed by atoms with Gasteiger partial charge in [-0.15, -0.1) is 0 Å². The maximum atomic E-state index is 12.0. The second-order valence-electron chi connectivity index (χ2n) is 4.27. The first-order valence-corrected chi connectivity index (χ1v) is 7.81. The van der Waals surface area contributed by atoms with Crippen LogP contribution in [-0.4, -0.2) is 33.1 Å². The Labute approximate surface area is 118 Å². The number of ether oxygens (including phenoxy) is 1. The van der Waals surface area contributed by atoms with E-state index in [1.54, 1.807) is 0 Å². The van der Waals surface area contributed by atoms with Crippen molar-refractivity contribution in [2.24, 2.45) is 0 Å². The number of sulfonamides is 1. The van der Waals surface area contributed by atoms with Crippen molar-refractivity contribution in [2.75, 3.05) is 13.7 Å². The zero-order valence-electron chi connectivity index (χ0n) is 11.5. The number of aromatic carboxylic acids is 1. The summed E-state index contributed by atoms with van der Waals surface area (Å²) in [6, 6.07) is 3.76. The van der Waals surface area contributed by atoms with Gasteiger partial charge in [0.15, 0.2) is 0 Å². The molecule has 0 unspecified atom stereocenters. The fraction of sp³-hybridized carbons (Fsp3) is 0.462. The van der Waals surface area contributed by atoms with Gasteiger partial charge in [-0.2, -0.15) is 0 Å². The highest BCUT2D eigenvalue weighted by Crippen LogP contribution is 2.22. The Kier molecular flexibility index (Phi) is 5.97. The lowest BCUT2D eigenvalue weighted by Gasteiger charge is -2.09. The van der Waals surface area contributed by atoms with Crippen molar-refractivity contribution in [1.29, 1.82) is 0 Å². The van der Waals surface area contributed by atoms with E-state index in [-0.39, 0.29) is 16.2 Å². The average Bonchev–Trinajstić information content (AvgIpc) is 2.42. The van der Waals surface area contributed by atoms with Gasteiger partial charge in [0.1, 0.15) is 11.3 Å². The van der Waals surface area contributed by atoms with E-state index >= 15 is 0 Å². The lowest BCUT2D eigenvalue weighted by atomic mass is 10.2. The summed E-state index contributed by atoms with van der Waals surface area (Å²) in [7, 11) is -2.36. The summed E-state index contributed by atoms with van der Waals surface area (Å²) in [5.41, 5.74) is -0.177. The molecule has 0 bridgehead atoms. The van der Waals surface area contributed by atoms with E-state index in [1.165, 1.54) is 19.2 Å². The van der Waals surface area contributed by atoms with Crippen LogP contribution < -0.4 is 9.46 Å². The highest BCUT2D eigenvalue weighted by molar-refractivity contribution is 7.89. The molecule has 112 valence electrons. The summed E-state index contributed by atoms with van der Waals surface area (Å²) < 4.78 is 31.4. The molecule has 2 N–H and O–H groups in total. The number of rotatable bonds is 8. The van der Waals surface area contributed by atoms with Crippen LogP contribution in [0.1, 0.15) is 36.5 Å². The molecule has 0 saturated heterocycles. The third-order valence-corrected chi connectivity index (χ3v) is 4.24. The fourth-order valence-corrected chi connectivity index (χ4v) is 2.79. The number of methoxy groups -OCH3 is 1. The molecule has 0 aromatic heterocycles. The number of carboxylic acid groups (broad SMARTS) is 1. The minimum Gasteiger partial charge on any atom is -0.496 e. The van der Waals surface area contributed by atoms with Gasteiger partial charge < -0.3 is 9.84 Å². The van der Waals surface area contributed by atoms with Crippen molar-refractivity contribution in [1.82, 2.24) is 4.72 Å². The molecular weight excluding hydrogens is 282 g/mol. The van der Waals surface area contributed by atoms with Crippen LogP contribution in [-0.2, 0) is 10.0 Å². The molecule has 7 heteroatoms. The van der Waals surface area contributed by atoms with Gasteiger partial charge in [0, 0.05) is 6.54 Å². The van der Waals surface area contributed by atoms with E-state index in [9.17, 15) is 13.2 Å². The van der Waals surface area contributed by atoms with Crippen molar-refractivity contribution in [2.45, 2.75) is 31.1 Å². The number of unbranched alkanes of at least 4 members (excludes halogenated alkanes) is 2. The van der Waals surface area contributed by atoms with Gasteiger partial charge in [0.2, 0.25) is 10.0 Å². The first-order valence-electron chi connectivity index (χ1n) is 6.33. The molecule has 1 rings (SSSR count). The standard InChI is InChI=1S/C13H19NO5S/c1-3-4-5-8-14-20(17,18)10-6-7-12(19-2)11(9-10)13(15)16/h6-7,9,14H,3-5,8H2,1-2H3,(H,15,16). The molecule has 0 aliphatic rings. The molecule has 0 spiro atoms. The maximum Gasteiger partial charge on any atom is 0.339 e. The first kappa shape index (κ1) is 16.5. The summed E-state index contributed by atoms with van der Waals surface area (Å²) >= 11 is 0. The number of benzene rings is 1. The topological polar surface area (TPSA) is 92.7 Å². The second kappa shape index (κ2) is 7.25. The number of carbonyl (C=O) groups is 1. The fourth-order valence-electron chi connectivity index (χ4n) is 1.69. The third kappa shape index (κ3) is 4.21. The van der Waals surface area contributed by atoms with E-state index in [1.807, 2.05) is 6.92 Å². The van der Waals surface area contributed by atoms with Gasteiger partial charge in [-0.3, -0.25) is 0 Å². The Morgan fingerprint density at radius 2 is 2.05 bits per heavy atom. The van der Waals surface area contributed by atoms with Gasteiger partial charge in [0.25, 0.3) is 0 Å². The molecule has 0 radical (unpaired) electrons. The number of hydrogen-bond acceptors (Lipinski definition) is 4. The normalized spacial score (nSPS) is 11.3. The maximum absolute atomic E-state index is 12.0. The second-order valence-corrected chi connectivity index (χ2v) is 6.04. The number of hydrogen-bond donors (Lipinski definition) is 2. The third-order valence-electron chi connectivity index (χ3n) is 2.78. The van der Waals surface area contributed by atoms with Gasteiger partial charge >= 0.3 is 5.97 Å². The molecule has 6 nitrogen and oxygen atoms in total. The number of carboxylic acids is 1. The Bertz CT molecular complexity index is 568. The van der Waals surface area contributed by atoms with E-state index in [0.717, 1.165) is 25.3 Å². The molecule has 0 atom stereocenters. The molecule has 0 amide bonds. The van der Waals surface area contributed by atoms with Gasteiger partial charge in [-0.1, -0.05) is 19.8 Å². The quantitative estimate of drug-likeness (QED) is 0.715. The molecule has 0 saturated carbocycles. The van der Waals surface area contributed by atoms with Crippen LogP contribution in [0.5, 0.6) is 5.75 Å². The minimum absolute atomic E-state index is 0.0767. The van der Waals surface area contributed by atoms with Crippen LogP contribution >= 0.6 is 0 Å². The summed E-state index contributed by atoms with van der Waals surface area (Å²) in [6.07, 6.45) is 2.68.